The van der Waals surface area contributed by atoms with E-state index < -0.39 is 0 Å². The van der Waals surface area contributed by atoms with Gasteiger partial charge >= 0.3 is 6.01 Å². The number of nitrogens with zero attached hydrogens (tertiary/aromatic N) is 5. The highest BCUT2D eigenvalue weighted by Crippen LogP contribution is 2.20. The maximum absolute atomic E-state index is 5.88. The van der Waals surface area contributed by atoms with Crippen LogP contribution >= 0.6 is 0 Å². The van der Waals surface area contributed by atoms with E-state index in [1.54, 1.807) is 0 Å². The first-order valence-corrected chi connectivity index (χ1v) is 8.97. The summed E-state index contributed by atoms with van der Waals surface area (Å²) in [6, 6.07) is 10.4. The van der Waals surface area contributed by atoms with Gasteiger partial charge in [-0.05, 0) is 5.56 Å². The van der Waals surface area contributed by atoms with Crippen LogP contribution in [-0.2, 0) is 16.1 Å². The second-order valence-electron chi connectivity index (χ2n) is 6.19. The van der Waals surface area contributed by atoms with E-state index >= 15 is 0 Å². The Labute approximate surface area is 152 Å². The first-order valence-electron chi connectivity index (χ1n) is 8.97. The van der Waals surface area contributed by atoms with Crippen molar-refractivity contribution in [3.63, 3.8) is 0 Å². The fraction of sp³-hybridized carbons (Fsp3) is 0.500. The first kappa shape index (κ1) is 17.0. The predicted octanol–water partition coefficient (Wildman–Crippen LogP) is 1.12. The van der Waals surface area contributed by atoms with Crippen LogP contribution in [0, 0.1) is 0 Å². The van der Waals surface area contributed by atoms with Crippen molar-refractivity contribution in [3.8, 4) is 6.01 Å². The maximum Gasteiger partial charge on any atom is 0.323 e. The third-order valence-corrected chi connectivity index (χ3v) is 4.39. The third kappa shape index (κ3) is 4.20. The average molecular weight is 357 g/mol. The smallest absolute Gasteiger partial charge is 0.323 e. The molecule has 0 N–H and O–H groups in total. The van der Waals surface area contributed by atoms with Crippen molar-refractivity contribution in [2.24, 2.45) is 0 Å². The van der Waals surface area contributed by atoms with Crippen LogP contribution < -0.4 is 14.5 Å². The summed E-state index contributed by atoms with van der Waals surface area (Å²) in [5.74, 6) is 1.29. The van der Waals surface area contributed by atoms with Crippen molar-refractivity contribution in [3.05, 3.63) is 35.9 Å². The Morgan fingerprint density at radius 2 is 1.31 bits per heavy atom. The molecule has 0 aliphatic carbocycles. The van der Waals surface area contributed by atoms with Crippen LogP contribution in [0.1, 0.15) is 5.56 Å². The fourth-order valence-corrected chi connectivity index (χ4v) is 2.93. The molecule has 3 heterocycles. The lowest BCUT2D eigenvalue weighted by molar-refractivity contribution is 0.120. The van der Waals surface area contributed by atoms with Crippen LogP contribution in [0.2, 0.25) is 0 Å². The quantitative estimate of drug-likeness (QED) is 0.788. The number of hydrogen-bond donors (Lipinski definition) is 0. The van der Waals surface area contributed by atoms with E-state index in [1.807, 2.05) is 30.3 Å². The molecule has 1 aromatic heterocycles. The Morgan fingerprint density at radius 3 is 1.85 bits per heavy atom. The molecule has 2 aliphatic rings. The molecule has 0 saturated carbocycles. The van der Waals surface area contributed by atoms with Crippen LogP contribution in [-0.4, -0.2) is 67.6 Å². The number of rotatable bonds is 5. The minimum atomic E-state index is 0.354. The monoisotopic (exact) mass is 357 g/mol. The van der Waals surface area contributed by atoms with E-state index in [2.05, 4.69) is 24.8 Å². The van der Waals surface area contributed by atoms with Gasteiger partial charge < -0.3 is 24.0 Å². The predicted molar refractivity (Wildman–Crippen MR) is 96.7 cm³/mol. The molecule has 0 bridgehead atoms. The number of aromatic nitrogens is 3. The van der Waals surface area contributed by atoms with Crippen molar-refractivity contribution in [2.45, 2.75) is 6.61 Å². The van der Waals surface area contributed by atoms with E-state index in [-0.39, 0.29) is 0 Å². The van der Waals surface area contributed by atoms with Crippen molar-refractivity contribution in [2.75, 3.05) is 62.4 Å². The molecule has 0 radical (unpaired) electrons. The number of benzene rings is 1. The van der Waals surface area contributed by atoms with Gasteiger partial charge in [0.1, 0.15) is 6.61 Å². The topological polar surface area (TPSA) is 72.8 Å². The Bertz CT molecular complexity index is 667. The molecule has 1 aromatic carbocycles. The zero-order valence-electron chi connectivity index (χ0n) is 14.7. The molecule has 8 nitrogen and oxygen atoms in total. The Kier molecular flexibility index (Phi) is 5.41. The first-order chi connectivity index (χ1) is 12.9. The molecule has 2 aliphatic heterocycles. The highest BCUT2D eigenvalue weighted by Gasteiger charge is 2.21. The number of anilines is 2. The van der Waals surface area contributed by atoms with E-state index in [0.717, 1.165) is 31.7 Å². The number of ether oxygens (including phenoxy) is 3. The molecule has 0 unspecified atom stereocenters. The summed E-state index contributed by atoms with van der Waals surface area (Å²) in [5.41, 5.74) is 1.08. The van der Waals surface area contributed by atoms with E-state index in [1.165, 1.54) is 0 Å². The lowest BCUT2D eigenvalue weighted by Crippen LogP contribution is -2.40. The van der Waals surface area contributed by atoms with E-state index in [9.17, 15) is 0 Å². The molecule has 2 fully saturated rings. The van der Waals surface area contributed by atoms with Gasteiger partial charge in [0.15, 0.2) is 0 Å². The van der Waals surface area contributed by atoms with Crippen molar-refractivity contribution in [1.82, 2.24) is 15.0 Å². The molecule has 0 spiro atoms. The molecule has 2 saturated heterocycles. The van der Waals surface area contributed by atoms with Crippen LogP contribution in [0.4, 0.5) is 11.9 Å². The normalized spacial score (nSPS) is 18.0. The van der Waals surface area contributed by atoms with Gasteiger partial charge in [-0.2, -0.15) is 15.0 Å². The Balaban J connectivity index is 1.56. The summed E-state index contributed by atoms with van der Waals surface area (Å²) >= 11 is 0. The fourth-order valence-electron chi connectivity index (χ4n) is 2.93. The van der Waals surface area contributed by atoms with Gasteiger partial charge in [0, 0.05) is 26.2 Å². The highest BCUT2D eigenvalue weighted by atomic mass is 16.5. The molecule has 138 valence electrons. The lowest BCUT2D eigenvalue weighted by Gasteiger charge is -2.30. The zero-order valence-corrected chi connectivity index (χ0v) is 14.7. The lowest BCUT2D eigenvalue weighted by atomic mass is 10.2. The Morgan fingerprint density at radius 1 is 0.769 bits per heavy atom. The van der Waals surface area contributed by atoms with Gasteiger partial charge in [-0.15, -0.1) is 0 Å². The van der Waals surface area contributed by atoms with E-state index in [0.29, 0.717) is 50.9 Å². The van der Waals surface area contributed by atoms with Crippen molar-refractivity contribution in [1.29, 1.82) is 0 Å². The van der Waals surface area contributed by atoms with Gasteiger partial charge in [-0.25, -0.2) is 0 Å². The maximum atomic E-state index is 5.88. The van der Waals surface area contributed by atoms with Crippen molar-refractivity contribution >= 4 is 11.9 Å². The Hall–Kier alpha value is -2.45. The summed E-state index contributed by atoms with van der Waals surface area (Å²) in [4.78, 5) is 18.0. The summed E-state index contributed by atoms with van der Waals surface area (Å²) in [7, 11) is 0. The number of morpholine rings is 2. The third-order valence-electron chi connectivity index (χ3n) is 4.39. The van der Waals surface area contributed by atoms with Crippen LogP contribution in [0.15, 0.2) is 30.3 Å². The average Bonchev–Trinajstić information content (AvgIpc) is 2.74. The van der Waals surface area contributed by atoms with Gasteiger partial charge in [0.05, 0.1) is 26.4 Å². The SMILES string of the molecule is c1ccc(COc2nc(N3CCOCC3)nc(N3CCOCC3)n2)cc1. The van der Waals surface area contributed by atoms with Gasteiger partial charge in [-0.1, -0.05) is 30.3 Å². The van der Waals surface area contributed by atoms with Gasteiger partial charge in [-0.3, -0.25) is 0 Å². The molecule has 0 amide bonds. The minimum absolute atomic E-state index is 0.354. The molecular formula is C18H23N5O3. The van der Waals surface area contributed by atoms with Gasteiger partial charge in [0.25, 0.3) is 0 Å². The summed E-state index contributed by atoms with van der Waals surface area (Å²) in [5, 5.41) is 0. The van der Waals surface area contributed by atoms with Crippen molar-refractivity contribution < 1.29 is 14.2 Å². The summed E-state index contributed by atoms with van der Waals surface area (Å²) < 4.78 is 16.7. The highest BCUT2D eigenvalue weighted by molar-refractivity contribution is 5.41. The summed E-state index contributed by atoms with van der Waals surface area (Å²) in [6.45, 7) is 6.22. The summed E-state index contributed by atoms with van der Waals surface area (Å²) in [6.07, 6.45) is 0. The molecule has 26 heavy (non-hydrogen) atoms. The van der Waals surface area contributed by atoms with Crippen LogP contribution in [0.5, 0.6) is 6.01 Å². The van der Waals surface area contributed by atoms with E-state index in [4.69, 9.17) is 14.2 Å². The standard InChI is InChI=1S/C18H23N5O3/c1-2-4-15(5-3-1)14-26-18-20-16(22-6-10-24-11-7-22)19-17(21-18)23-8-12-25-13-9-23/h1-5H,6-14H2. The van der Waals surface area contributed by atoms with Crippen LogP contribution in [0.3, 0.4) is 0 Å². The molecule has 8 heteroatoms. The van der Waals surface area contributed by atoms with Gasteiger partial charge in [0.2, 0.25) is 11.9 Å². The van der Waals surface area contributed by atoms with Crippen LogP contribution in [0.25, 0.3) is 0 Å². The second kappa shape index (κ2) is 8.29. The number of hydrogen-bond acceptors (Lipinski definition) is 8. The second-order valence-corrected chi connectivity index (χ2v) is 6.19. The molecule has 0 atom stereocenters. The molecule has 2 aromatic rings. The largest absolute Gasteiger partial charge is 0.458 e. The minimum Gasteiger partial charge on any atom is -0.458 e. The zero-order chi connectivity index (χ0) is 17.6. The molecular weight excluding hydrogens is 334 g/mol. The molecule has 4 rings (SSSR count).